The SMILES string of the molecule is CN(c1ccccc1)C1Nc2ccccc2S1. The molecule has 86 valence electrons. The average Bonchev–Trinajstić information content (AvgIpc) is 2.82. The highest BCUT2D eigenvalue weighted by Crippen LogP contribution is 2.39. The number of hydrogen-bond acceptors (Lipinski definition) is 3. The molecule has 2 aromatic rings. The highest BCUT2D eigenvalue weighted by molar-refractivity contribution is 8.00. The van der Waals surface area contributed by atoms with E-state index in [2.05, 4.69) is 65.8 Å². The van der Waals surface area contributed by atoms with Gasteiger partial charge in [-0.25, -0.2) is 0 Å². The first kappa shape index (κ1) is 10.5. The Morgan fingerprint density at radius 1 is 1.00 bits per heavy atom. The number of thioether (sulfide) groups is 1. The lowest BCUT2D eigenvalue weighted by atomic mass is 10.3. The first-order chi connectivity index (χ1) is 8.34. The first-order valence-corrected chi connectivity index (χ1v) is 6.53. The van der Waals surface area contributed by atoms with Crippen LogP contribution in [0.5, 0.6) is 0 Å². The van der Waals surface area contributed by atoms with Gasteiger partial charge in [0.2, 0.25) is 0 Å². The molecule has 1 N–H and O–H groups in total. The van der Waals surface area contributed by atoms with E-state index < -0.39 is 0 Å². The second-order valence-corrected chi connectivity index (χ2v) is 5.18. The van der Waals surface area contributed by atoms with Crippen LogP contribution in [0, 0.1) is 0 Å². The van der Waals surface area contributed by atoms with Crippen LogP contribution < -0.4 is 10.2 Å². The Balaban J connectivity index is 1.81. The topological polar surface area (TPSA) is 15.3 Å². The van der Waals surface area contributed by atoms with Crippen LogP contribution in [0.25, 0.3) is 0 Å². The maximum Gasteiger partial charge on any atom is 0.152 e. The molecule has 2 nitrogen and oxygen atoms in total. The molecule has 0 aliphatic carbocycles. The maximum atomic E-state index is 3.52. The van der Waals surface area contributed by atoms with E-state index in [-0.39, 0.29) is 5.50 Å². The monoisotopic (exact) mass is 242 g/mol. The zero-order valence-electron chi connectivity index (χ0n) is 9.63. The van der Waals surface area contributed by atoms with Crippen LogP contribution in [0.4, 0.5) is 11.4 Å². The molecule has 0 aromatic heterocycles. The van der Waals surface area contributed by atoms with Gasteiger partial charge in [-0.3, -0.25) is 0 Å². The lowest BCUT2D eigenvalue weighted by Gasteiger charge is -2.26. The molecule has 1 atom stereocenters. The summed E-state index contributed by atoms with van der Waals surface area (Å²) in [6.07, 6.45) is 0. The van der Waals surface area contributed by atoms with Gasteiger partial charge in [-0.1, -0.05) is 42.1 Å². The quantitative estimate of drug-likeness (QED) is 0.865. The Morgan fingerprint density at radius 3 is 2.47 bits per heavy atom. The standard InChI is InChI=1S/C14H14N2S/c1-16(11-7-3-2-4-8-11)14-15-12-9-5-6-10-13(12)17-14/h2-10,14-15H,1H3. The summed E-state index contributed by atoms with van der Waals surface area (Å²) in [5.41, 5.74) is 2.73. The van der Waals surface area contributed by atoms with E-state index in [0.29, 0.717) is 0 Å². The van der Waals surface area contributed by atoms with Crippen molar-refractivity contribution in [3.05, 3.63) is 54.6 Å². The zero-order valence-corrected chi connectivity index (χ0v) is 10.4. The summed E-state index contributed by atoms with van der Waals surface area (Å²) in [5, 5.41) is 3.52. The molecule has 0 saturated heterocycles. The van der Waals surface area contributed by atoms with E-state index >= 15 is 0 Å². The molecule has 0 saturated carbocycles. The summed E-state index contributed by atoms with van der Waals surface area (Å²) in [6, 6.07) is 18.9. The van der Waals surface area contributed by atoms with Gasteiger partial charge in [0.05, 0.1) is 5.69 Å². The summed E-state index contributed by atoms with van der Waals surface area (Å²) in [5.74, 6) is 0. The van der Waals surface area contributed by atoms with Gasteiger partial charge in [-0.05, 0) is 24.3 Å². The van der Waals surface area contributed by atoms with Gasteiger partial charge in [-0.2, -0.15) is 0 Å². The first-order valence-electron chi connectivity index (χ1n) is 5.65. The van der Waals surface area contributed by atoms with Crippen molar-refractivity contribution in [3.63, 3.8) is 0 Å². The number of nitrogens with zero attached hydrogens (tertiary/aromatic N) is 1. The minimum absolute atomic E-state index is 0.273. The van der Waals surface area contributed by atoms with E-state index in [1.54, 1.807) is 0 Å². The largest absolute Gasteiger partial charge is 0.356 e. The van der Waals surface area contributed by atoms with Gasteiger partial charge in [0.15, 0.2) is 5.50 Å². The van der Waals surface area contributed by atoms with Gasteiger partial charge < -0.3 is 10.2 Å². The van der Waals surface area contributed by atoms with E-state index in [9.17, 15) is 0 Å². The summed E-state index contributed by atoms with van der Waals surface area (Å²) >= 11 is 1.85. The van der Waals surface area contributed by atoms with Gasteiger partial charge in [-0.15, -0.1) is 0 Å². The van der Waals surface area contributed by atoms with E-state index in [0.717, 1.165) is 0 Å². The smallest absolute Gasteiger partial charge is 0.152 e. The number of nitrogens with one attached hydrogen (secondary N) is 1. The molecule has 3 heteroatoms. The lowest BCUT2D eigenvalue weighted by molar-refractivity contribution is 0.932. The molecule has 0 bridgehead atoms. The summed E-state index contributed by atoms with van der Waals surface area (Å²) in [7, 11) is 2.12. The molecule has 0 radical (unpaired) electrons. The molecule has 2 aromatic carbocycles. The molecule has 1 heterocycles. The Kier molecular flexibility index (Phi) is 2.69. The van der Waals surface area contributed by atoms with Crippen molar-refractivity contribution >= 4 is 23.1 Å². The summed E-state index contributed by atoms with van der Waals surface area (Å²) < 4.78 is 0. The number of para-hydroxylation sites is 2. The fraction of sp³-hybridized carbons (Fsp3) is 0.143. The Morgan fingerprint density at radius 2 is 1.71 bits per heavy atom. The number of rotatable bonds is 2. The molecular formula is C14H14N2S. The minimum Gasteiger partial charge on any atom is -0.356 e. The van der Waals surface area contributed by atoms with Crippen molar-refractivity contribution in [3.8, 4) is 0 Å². The molecular weight excluding hydrogens is 228 g/mol. The highest BCUT2D eigenvalue weighted by atomic mass is 32.2. The number of fused-ring (bicyclic) bond motifs is 1. The fourth-order valence-electron chi connectivity index (χ4n) is 1.95. The maximum absolute atomic E-state index is 3.52. The lowest BCUT2D eigenvalue weighted by Crippen LogP contribution is -2.32. The van der Waals surface area contributed by atoms with E-state index in [1.807, 2.05) is 17.8 Å². The van der Waals surface area contributed by atoms with Crippen LogP contribution in [0.2, 0.25) is 0 Å². The number of hydrogen-bond donors (Lipinski definition) is 1. The summed E-state index contributed by atoms with van der Waals surface area (Å²) in [4.78, 5) is 3.57. The van der Waals surface area contributed by atoms with Gasteiger partial charge in [0.1, 0.15) is 0 Å². The van der Waals surface area contributed by atoms with Crippen LogP contribution in [-0.2, 0) is 0 Å². The van der Waals surface area contributed by atoms with Gasteiger partial charge in [0, 0.05) is 17.6 Å². The molecule has 0 fully saturated rings. The predicted molar refractivity (Wildman–Crippen MR) is 74.6 cm³/mol. The van der Waals surface area contributed by atoms with Crippen molar-refractivity contribution in [2.24, 2.45) is 0 Å². The van der Waals surface area contributed by atoms with Crippen molar-refractivity contribution in [2.75, 3.05) is 17.3 Å². The van der Waals surface area contributed by atoms with Crippen LogP contribution in [-0.4, -0.2) is 12.5 Å². The molecule has 1 aliphatic rings. The molecule has 17 heavy (non-hydrogen) atoms. The van der Waals surface area contributed by atoms with E-state index in [1.165, 1.54) is 16.3 Å². The second kappa shape index (κ2) is 4.34. The third kappa shape index (κ3) is 1.98. The highest BCUT2D eigenvalue weighted by Gasteiger charge is 2.24. The summed E-state index contributed by atoms with van der Waals surface area (Å²) in [6.45, 7) is 0. The zero-order chi connectivity index (χ0) is 11.7. The number of benzene rings is 2. The molecule has 3 rings (SSSR count). The van der Waals surface area contributed by atoms with Crippen LogP contribution in [0.15, 0.2) is 59.5 Å². The van der Waals surface area contributed by atoms with Gasteiger partial charge in [0.25, 0.3) is 0 Å². The van der Waals surface area contributed by atoms with Crippen molar-refractivity contribution in [1.29, 1.82) is 0 Å². The third-order valence-corrected chi connectivity index (χ3v) is 4.19. The Bertz CT molecular complexity index is 488. The minimum atomic E-state index is 0.273. The predicted octanol–water partition coefficient (Wildman–Crippen LogP) is 3.62. The number of anilines is 2. The molecule has 1 unspecified atom stereocenters. The van der Waals surface area contributed by atoms with Crippen LogP contribution in [0.3, 0.4) is 0 Å². The van der Waals surface area contributed by atoms with Crippen molar-refractivity contribution in [1.82, 2.24) is 0 Å². The van der Waals surface area contributed by atoms with Gasteiger partial charge >= 0.3 is 0 Å². The van der Waals surface area contributed by atoms with Crippen LogP contribution in [0.1, 0.15) is 0 Å². The molecule has 0 amide bonds. The fourth-order valence-corrected chi connectivity index (χ4v) is 3.06. The average molecular weight is 242 g/mol. The molecule has 1 aliphatic heterocycles. The van der Waals surface area contributed by atoms with Crippen molar-refractivity contribution < 1.29 is 0 Å². The second-order valence-electron chi connectivity index (χ2n) is 4.06. The normalized spacial score (nSPS) is 17.4. The Hall–Kier alpha value is -1.61. The van der Waals surface area contributed by atoms with Crippen molar-refractivity contribution in [2.45, 2.75) is 10.4 Å². The van der Waals surface area contributed by atoms with Crippen LogP contribution >= 0.6 is 11.8 Å². The Labute approximate surface area is 106 Å². The third-order valence-electron chi connectivity index (χ3n) is 2.92. The molecule has 0 spiro atoms. The van der Waals surface area contributed by atoms with E-state index in [4.69, 9.17) is 0 Å².